The van der Waals surface area contributed by atoms with Crippen LogP contribution >= 0.6 is 15.9 Å². The molecule has 8 heteroatoms. The lowest BCUT2D eigenvalue weighted by molar-refractivity contribution is -0.132. The first kappa shape index (κ1) is 18.9. The van der Waals surface area contributed by atoms with Gasteiger partial charge in [0.15, 0.2) is 5.76 Å². The first-order valence-corrected chi connectivity index (χ1v) is 9.37. The number of ether oxygens (including phenoxy) is 1. The van der Waals surface area contributed by atoms with E-state index in [0.717, 1.165) is 5.39 Å². The fourth-order valence-electron chi connectivity index (χ4n) is 2.62. The van der Waals surface area contributed by atoms with E-state index in [0.29, 0.717) is 22.8 Å². The van der Waals surface area contributed by atoms with Crippen LogP contribution in [0.4, 0.5) is 5.88 Å². The number of halogens is 1. The number of carbonyl (C=O) groups is 2. The fourth-order valence-corrected chi connectivity index (χ4v) is 2.90. The van der Waals surface area contributed by atoms with Crippen molar-refractivity contribution in [2.75, 3.05) is 10.6 Å². The van der Waals surface area contributed by atoms with Crippen LogP contribution in [0.5, 0.6) is 11.5 Å². The topological polar surface area (TPSA) is 102 Å². The van der Waals surface area contributed by atoms with Gasteiger partial charge in [-0.15, -0.1) is 0 Å². The second-order valence-corrected chi connectivity index (χ2v) is 6.54. The number of hydrogen-bond acceptors (Lipinski definition) is 6. The minimum absolute atomic E-state index is 0.0839. The minimum Gasteiger partial charge on any atom is -0.502 e. The van der Waals surface area contributed by atoms with E-state index in [1.807, 2.05) is 24.3 Å². The lowest BCUT2D eigenvalue weighted by Gasteiger charge is -2.04. The van der Waals surface area contributed by atoms with Gasteiger partial charge >= 0.3 is 5.97 Å². The number of aromatic hydroxyl groups is 1. The lowest BCUT2D eigenvalue weighted by atomic mass is 10.1. The zero-order valence-electron chi connectivity index (χ0n) is 14.5. The Labute approximate surface area is 163 Å². The molecule has 1 aromatic carbocycles. The maximum Gasteiger partial charge on any atom is 0.308 e. The van der Waals surface area contributed by atoms with Crippen LogP contribution in [-0.2, 0) is 9.59 Å². The summed E-state index contributed by atoms with van der Waals surface area (Å²) in [6.07, 6.45) is 2.46. The van der Waals surface area contributed by atoms with Gasteiger partial charge in [-0.3, -0.25) is 19.9 Å². The highest BCUT2D eigenvalue weighted by molar-refractivity contribution is 9.09. The molecule has 2 aromatic heterocycles. The van der Waals surface area contributed by atoms with Crippen molar-refractivity contribution in [2.45, 2.75) is 19.8 Å². The summed E-state index contributed by atoms with van der Waals surface area (Å²) in [6, 6.07) is 9.02. The van der Waals surface area contributed by atoms with E-state index in [1.54, 1.807) is 12.3 Å². The highest BCUT2D eigenvalue weighted by atomic mass is 79.9. The summed E-state index contributed by atoms with van der Waals surface area (Å²) in [5.41, 5.74) is 1.27. The Hall–Kier alpha value is -2.87. The van der Waals surface area contributed by atoms with Crippen molar-refractivity contribution in [2.24, 2.45) is 0 Å². The van der Waals surface area contributed by atoms with Crippen LogP contribution in [0, 0.1) is 0 Å². The average molecular weight is 433 g/mol. The van der Waals surface area contributed by atoms with Crippen LogP contribution in [0.25, 0.3) is 22.2 Å². The van der Waals surface area contributed by atoms with Gasteiger partial charge in [-0.2, -0.15) is 0 Å². The van der Waals surface area contributed by atoms with Crippen molar-refractivity contribution in [3.05, 3.63) is 36.5 Å². The number of alkyl halides is 1. The third-order valence-corrected chi connectivity index (χ3v) is 4.33. The Kier molecular flexibility index (Phi) is 5.75. The number of fused-ring (bicyclic) bond motifs is 1. The van der Waals surface area contributed by atoms with Gasteiger partial charge in [0.25, 0.3) is 0 Å². The number of nitrogens with zero attached hydrogens (tertiary/aromatic N) is 1. The quantitative estimate of drug-likeness (QED) is 0.446. The number of carbonyl (C=O) groups excluding carboxylic acids is 2. The van der Waals surface area contributed by atoms with E-state index in [2.05, 4.69) is 26.2 Å². The van der Waals surface area contributed by atoms with Gasteiger partial charge in [-0.05, 0) is 18.6 Å². The maximum atomic E-state index is 12.1. The molecule has 0 atom stereocenters. The van der Waals surface area contributed by atoms with E-state index < -0.39 is 5.97 Å². The van der Waals surface area contributed by atoms with Crippen LogP contribution in [0.3, 0.4) is 0 Å². The second-order valence-electron chi connectivity index (χ2n) is 5.75. The van der Waals surface area contributed by atoms with Crippen LogP contribution < -0.4 is 10.1 Å². The number of rotatable bonds is 6. The molecular weight excluding hydrogens is 416 g/mol. The standard InChI is InChI=1S/C19H17BrN2O5/c1-11(23)26-18-16(25)17(27-19(18)22-15(24)7-4-9-20)13-8-10-21-14-6-3-2-5-12(13)14/h2-3,5-6,8,10,25H,4,7,9H2,1H3,(H,22,24). The molecule has 2 heterocycles. The van der Waals surface area contributed by atoms with Crippen LogP contribution in [-0.4, -0.2) is 27.3 Å². The monoisotopic (exact) mass is 432 g/mol. The van der Waals surface area contributed by atoms with Gasteiger partial charge in [0.1, 0.15) is 0 Å². The first-order valence-electron chi connectivity index (χ1n) is 8.25. The molecule has 1 amide bonds. The van der Waals surface area contributed by atoms with E-state index in [4.69, 9.17) is 9.15 Å². The first-order chi connectivity index (χ1) is 13.0. The Morgan fingerprint density at radius 3 is 2.81 bits per heavy atom. The molecule has 0 spiro atoms. The molecule has 3 aromatic rings. The number of hydrogen-bond donors (Lipinski definition) is 2. The van der Waals surface area contributed by atoms with Gasteiger partial charge in [0, 0.05) is 35.8 Å². The molecule has 0 fully saturated rings. The van der Waals surface area contributed by atoms with Gasteiger partial charge in [0.05, 0.1) is 5.52 Å². The van der Waals surface area contributed by atoms with E-state index >= 15 is 0 Å². The zero-order chi connectivity index (χ0) is 19.4. The molecule has 0 aliphatic carbocycles. The largest absolute Gasteiger partial charge is 0.502 e. The fraction of sp³-hybridized carbons (Fsp3) is 0.211. The zero-order valence-corrected chi connectivity index (χ0v) is 16.1. The average Bonchev–Trinajstić information content (AvgIpc) is 2.94. The number of para-hydroxylation sites is 1. The van der Waals surface area contributed by atoms with E-state index in [1.165, 1.54) is 6.92 Å². The van der Waals surface area contributed by atoms with Crippen molar-refractivity contribution in [1.82, 2.24) is 4.98 Å². The second kappa shape index (κ2) is 8.22. The van der Waals surface area contributed by atoms with Crippen LogP contribution in [0.15, 0.2) is 40.9 Å². The predicted molar refractivity (Wildman–Crippen MR) is 104 cm³/mol. The number of benzene rings is 1. The van der Waals surface area contributed by atoms with Gasteiger partial charge in [-0.1, -0.05) is 34.1 Å². The molecule has 7 nitrogen and oxygen atoms in total. The van der Waals surface area contributed by atoms with Crippen molar-refractivity contribution in [3.63, 3.8) is 0 Å². The summed E-state index contributed by atoms with van der Waals surface area (Å²) in [5.74, 6) is -1.57. The highest BCUT2D eigenvalue weighted by Crippen LogP contribution is 2.47. The normalized spacial score (nSPS) is 10.7. The number of nitrogens with one attached hydrogen (secondary N) is 1. The Balaban J connectivity index is 2.08. The van der Waals surface area contributed by atoms with Gasteiger partial charge in [-0.25, -0.2) is 0 Å². The molecule has 0 bridgehead atoms. The van der Waals surface area contributed by atoms with Gasteiger partial charge < -0.3 is 14.3 Å². The predicted octanol–water partition coefficient (Wildman–Crippen LogP) is 4.24. The minimum atomic E-state index is -0.645. The smallest absolute Gasteiger partial charge is 0.308 e. The van der Waals surface area contributed by atoms with Crippen molar-refractivity contribution in [3.8, 4) is 22.8 Å². The number of pyridine rings is 1. The number of aromatic nitrogens is 1. The summed E-state index contributed by atoms with van der Waals surface area (Å²) < 4.78 is 10.8. The molecule has 0 radical (unpaired) electrons. The molecule has 27 heavy (non-hydrogen) atoms. The number of anilines is 1. The molecule has 140 valence electrons. The van der Waals surface area contributed by atoms with Crippen molar-refractivity contribution in [1.29, 1.82) is 0 Å². The molecule has 3 rings (SSSR count). The third-order valence-electron chi connectivity index (χ3n) is 3.77. The van der Waals surface area contributed by atoms with Crippen LogP contribution in [0.1, 0.15) is 19.8 Å². The SMILES string of the molecule is CC(=O)Oc1c(NC(=O)CCCBr)oc(-c2ccnc3ccccc23)c1O. The summed E-state index contributed by atoms with van der Waals surface area (Å²) in [6.45, 7) is 1.20. The van der Waals surface area contributed by atoms with Crippen molar-refractivity contribution >= 4 is 44.6 Å². The maximum absolute atomic E-state index is 12.1. The molecule has 0 unspecified atom stereocenters. The number of esters is 1. The van der Waals surface area contributed by atoms with Gasteiger partial charge in [0.2, 0.25) is 23.3 Å². The molecular formula is C19H17BrN2O5. The Morgan fingerprint density at radius 1 is 1.30 bits per heavy atom. The van der Waals surface area contributed by atoms with Crippen molar-refractivity contribution < 1.29 is 23.8 Å². The Morgan fingerprint density at radius 2 is 2.07 bits per heavy atom. The summed E-state index contributed by atoms with van der Waals surface area (Å²) in [4.78, 5) is 27.8. The molecule has 0 saturated heterocycles. The summed E-state index contributed by atoms with van der Waals surface area (Å²) in [7, 11) is 0. The summed E-state index contributed by atoms with van der Waals surface area (Å²) >= 11 is 3.26. The molecule has 0 saturated carbocycles. The number of furan rings is 1. The van der Waals surface area contributed by atoms with Crippen LogP contribution in [0.2, 0.25) is 0 Å². The molecule has 0 aliphatic heterocycles. The Bertz CT molecular complexity index is 994. The van der Waals surface area contributed by atoms with E-state index in [-0.39, 0.29) is 35.5 Å². The molecule has 2 N–H and O–H groups in total. The lowest BCUT2D eigenvalue weighted by Crippen LogP contribution is -2.12. The van der Waals surface area contributed by atoms with E-state index in [9.17, 15) is 14.7 Å². The highest BCUT2D eigenvalue weighted by Gasteiger charge is 2.26. The summed E-state index contributed by atoms with van der Waals surface area (Å²) in [5, 5.41) is 14.6. The third kappa shape index (κ3) is 4.11. The number of amides is 1. The molecule has 0 aliphatic rings.